The molecule has 0 aliphatic rings. The molecule has 0 N–H and O–H groups in total. The molecule has 0 spiro atoms. The maximum atomic E-state index is 11.6. The maximum Gasteiger partial charge on any atom is 0.409 e. The SMILES string of the molecule is CCCCCCOC(=O)C(C)N(C)C(=O)OC. The predicted octanol–water partition coefficient (Wildman–Crippen LogP) is 2.20. The number of rotatable bonds is 7. The number of amides is 1. The Morgan fingerprint density at radius 1 is 1.24 bits per heavy atom. The Hall–Kier alpha value is -1.26. The van der Waals surface area contributed by atoms with Gasteiger partial charge in [0.05, 0.1) is 13.7 Å². The van der Waals surface area contributed by atoms with Gasteiger partial charge in [0.25, 0.3) is 0 Å². The topological polar surface area (TPSA) is 55.8 Å². The van der Waals surface area contributed by atoms with Gasteiger partial charge in [0.2, 0.25) is 0 Å². The molecule has 0 aliphatic heterocycles. The number of hydrogen-bond acceptors (Lipinski definition) is 4. The van der Waals surface area contributed by atoms with Crippen molar-refractivity contribution in [1.82, 2.24) is 4.90 Å². The summed E-state index contributed by atoms with van der Waals surface area (Å²) in [6.07, 6.45) is 3.68. The molecule has 1 atom stereocenters. The second kappa shape index (κ2) is 8.84. The van der Waals surface area contributed by atoms with Gasteiger partial charge in [-0.05, 0) is 13.3 Å². The van der Waals surface area contributed by atoms with Crippen LogP contribution in [0.3, 0.4) is 0 Å². The second-order valence-electron chi connectivity index (χ2n) is 3.99. The molecule has 5 heteroatoms. The van der Waals surface area contributed by atoms with Gasteiger partial charge in [0, 0.05) is 7.05 Å². The third-order valence-corrected chi connectivity index (χ3v) is 2.63. The van der Waals surface area contributed by atoms with Crippen LogP contribution in [0.1, 0.15) is 39.5 Å². The zero-order chi connectivity index (χ0) is 13.3. The molecule has 0 fully saturated rings. The average Bonchev–Trinajstić information content (AvgIpc) is 2.35. The van der Waals surface area contributed by atoms with Crippen LogP contribution in [0.25, 0.3) is 0 Å². The van der Waals surface area contributed by atoms with E-state index in [-0.39, 0.29) is 0 Å². The van der Waals surface area contributed by atoms with Crippen molar-refractivity contribution < 1.29 is 19.1 Å². The molecular formula is C12H23NO4. The highest BCUT2D eigenvalue weighted by atomic mass is 16.6. The van der Waals surface area contributed by atoms with Gasteiger partial charge in [-0.15, -0.1) is 0 Å². The number of carbonyl (C=O) groups is 2. The summed E-state index contributed by atoms with van der Waals surface area (Å²) in [4.78, 5) is 24.0. The molecule has 0 aliphatic carbocycles. The first kappa shape index (κ1) is 15.7. The lowest BCUT2D eigenvalue weighted by atomic mass is 10.2. The minimum absolute atomic E-state index is 0.394. The summed E-state index contributed by atoms with van der Waals surface area (Å²) in [5.41, 5.74) is 0. The maximum absolute atomic E-state index is 11.6. The van der Waals surface area contributed by atoms with E-state index in [1.807, 2.05) is 0 Å². The summed E-state index contributed by atoms with van der Waals surface area (Å²) >= 11 is 0. The largest absolute Gasteiger partial charge is 0.464 e. The fourth-order valence-electron chi connectivity index (χ4n) is 1.28. The van der Waals surface area contributed by atoms with Crippen molar-refractivity contribution >= 4 is 12.1 Å². The number of unbranched alkanes of at least 4 members (excludes halogenated alkanes) is 3. The molecule has 0 heterocycles. The van der Waals surface area contributed by atoms with Crippen LogP contribution in [0.4, 0.5) is 4.79 Å². The van der Waals surface area contributed by atoms with E-state index in [1.165, 1.54) is 19.1 Å². The van der Waals surface area contributed by atoms with Crippen LogP contribution in [0.5, 0.6) is 0 Å². The van der Waals surface area contributed by atoms with E-state index in [1.54, 1.807) is 6.92 Å². The third-order valence-electron chi connectivity index (χ3n) is 2.63. The number of carbonyl (C=O) groups excluding carboxylic acids is 2. The number of nitrogens with zero attached hydrogens (tertiary/aromatic N) is 1. The van der Waals surface area contributed by atoms with Gasteiger partial charge in [-0.25, -0.2) is 9.59 Å². The van der Waals surface area contributed by atoms with E-state index < -0.39 is 18.1 Å². The Kier molecular flexibility index (Phi) is 8.19. The van der Waals surface area contributed by atoms with Gasteiger partial charge in [-0.2, -0.15) is 0 Å². The van der Waals surface area contributed by atoms with Gasteiger partial charge in [0.15, 0.2) is 0 Å². The molecule has 0 rings (SSSR count). The summed E-state index contributed by atoms with van der Waals surface area (Å²) in [7, 11) is 2.79. The van der Waals surface area contributed by atoms with Crippen LogP contribution in [0.15, 0.2) is 0 Å². The minimum Gasteiger partial charge on any atom is -0.464 e. The third kappa shape index (κ3) is 6.14. The summed E-state index contributed by atoms with van der Waals surface area (Å²) in [5, 5.41) is 0. The lowest BCUT2D eigenvalue weighted by molar-refractivity contribution is -0.148. The molecule has 0 aromatic carbocycles. The summed E-state index contributed by atoms with van der Waals surface area (Å²) in [6, 6.07) is -0.617. The van der Waals surface area contributed by atoms with Crippen molar-refractivity contribution in [2.75, 3.05) is 20.8 Å². The molecule has 0 aromatic rings. The molecule has 0 saturated carbocycles. The first-order valence-corrected chi connectivity index (χ1v) is 6.02. The molecule has 0 bridgehead atoms. The van der Waals surface area contributed by atoms with E-state index in [0.29, 0.717) is 6.61 Å². The van der Waals surface area contributed by atoms with Crippen LogP contribution in [0.2, 0.25) is 0 Å². The van der Waals surface area contributed by atoms with Gasteiger partial charge in [0.1, 0.15) is 6.04 Å². The van der Waals surface area contributed by atoms with E-state index in [9.17, 15) is 9.59 Å². The van der Waals surface area contributed by atoms with E-state index in [4.69, 9.17) is 4.74 Å². The lowest BCUT2D eigenvalue weighted by Gasteiger charge is -2.21. The van der Waals surface area contributed by atoms with Crippen molar-refractivity contribution in [3.8, 4) is 0 Å². The summed E-state index contributed by atoms with van der Waals surface area (Å²) in [6.45, 7) is 4.16. The Balaban J connectivity index is 3.85. The second-order valence-corrected chi connectivity index (χ2v) is 3.99. The van der Waals surface area contributed by atoms with E-state index in [2.05, 4.69) is 11.7 Å². The fraction of sp³-hybridized carbons (Fsp3) is 0.833. The fourth-order valence-corrected chi connectivity index (χ4v) is 1.28. The van der Waals surface area contributed by atoms with Gasteiger partial charge in [-0.3, -0.25) is 4.90 Å². The summed E-state index contributed by atoms with van der Waals surface area (Å²) < 4.78 is 9.60. The molecule has 1 unspecified atom stereocenters. The van der Waals surface area contributed by atoms with Crippen molar-refractivity contribution in [1.29, 1.82) is 0 Å². The monoisotopic (exact) mass is 245 g/mol. The van der Waals surface area contributed by atoms with E-state index in [0.717, 1.165) is 25.7 Å². The Morgan fingerprint density at radius 3 is 2.41 bits per heavy atom. The molecule has 0 aromatic heterocycles. The molecule has 0 saturated heterocycles. The normalized spacial score (nSPS) is 11.8. The zero-order valence-corrected chi connectivity index (χ0v) is 11.2. The van der Waals surface area contributed by atoms with Crippen LogP contribution >= 0.6 is 0 Å². The smallest absolute Gasteiger partial charge is 0.409 e. The lowest BCUT2D eigenvalue weighted by Crippen LogP contribution is -2.41. The Bertz CT molecular complexity index is 243. The highest BCUT2D eigenvalue weighted by Crippen LogP contribution is 2.03. The minimum atomic E-state index is -0.617. The highest BCUT2D eigenvalue weighted by molar-refractivity contribution is 5.80. The molecular weight excluding hydrogens is 222 g/mol. The number of hydrogen-bond donors (Lipinski definition) is 0. The van der Waals surface area contributed by atoms with Crippen molar-refractivity contribution in [2.24, 2.45) is 0 Å². The predicted molar refractivity (Wildman–Crippen MR) is 64.7 cm³/mol. The zero-order valence-electron chi connectivity index (χ0n) is 11.2. The van der Waals surface area contributed by atoms with Gasteiger partial charge >= 0.3 is 12.1 Å². The quantitative estimate of drug-likeness (QED) is 0.509. The standard InChI is InChI=1S/C12H23NO4/c1-5-6-7-8-9-17-11(14)10(2)13(3)12(15)16-4/h10H,5-9H2,1-4H3. The van der Waals surface area contributed by atoms with Crippen molar-refractivity contribution in [3.63, 3.8) is 0 Å². The number of methoxy groups -OCH3 is 1. The van der Waals surface area contributed by atoms with Crippen LogP contribution in [-0.2, 0) is 14.3 Å². The first-order valence-electron chi connectivity index (χ1n) is 6.02. The highest BCUT2D eigenvalue weighted by Gasteiger charge is 2.23. The van der Waals surface area contributed by atoms with Crippen LogP contribution in [0, 0.1) is 0 Å². The Morgan fingerprint density at radius 2 is 1.88 bits per heavy atom. The van der Waals surface area contributed by atoms with Crippen LogP contribution < -0.4 is 0 Å². The molecule has 5 nitrogen and oxygen atoms in total. The average molecular weight is 245 g/mol. The molecule has 1 amide bonds. The number of likely N-dealkylation sites (N-methyl/N-ethyl adjacent to an activating group) is 1. The van der Waals surface area contributed by atoms with E-state index >= 15 is 0 Å². The molecule has 17 heavy (non-hydrogen) atoms. The first-order chi connectivity index (χ1) is 8.04. The summed E-state index contributed by atoms with van der Waals surface area (Å²) in [5.74, 6) is -0.394. The Labute approximate surface area is 103 Å². The van der Waals surface area contributed by atoms with Crippen molar-refractivity contribution in [3.05, 3.63) is 0 Å². The van der Waals surface area contributed by atoms with Crippen LogP contribution in [-0.4, -0.2) is 43.8 Å². The molecule has 100 valence electrons. The van der Waals surface area contributed by atoms with Gasteiger partial charge < -0.3 is 9.47 Å². The van der Waals surface area contributed by atoms with Crippen molar-refractivity contribution in [2.45, 2.75) is 45.6 Å². The van der Waals surface area contributed by atoms with Gasteiger partial charge in [-0.1, -0.05) is 26.2 Å². The molecule has 0 radical (unpaired) electrons. The number of ether oxygens (including phenoxy) is 2. The number of esters is 1.